The molecule has 0 aliphatic heterocycles. The van der Waals surface area contributed by atoms with Gasteiger partial charge in [0.2, 0.25) is 5.91 Å². The van der Waals surface area contributed by atoms with E-state index < -0.39 is 28.3 Å². The van der Waals surface area contributed by atoms with Crippen LogP contribution in [0.5, 0.6) is 0 Å². The fourth-order valence-electron chi connectivity index (χ4n) is 2.53. The van der Waals surface area contributed by atoms with E-state index in [0.717, 1.165) is 38.9 Å². The highest BCUT2D eigenvalue weighted by atomic mass is 32.2. The van der Waals surface area contributed by atoms with Crippen molar-refractivity contribution in [3.63, 3.8) is 0 Å². The number of aryl methyl sites for hydroxylation is 1. The second kappa shape index (κ2) is 8.53. The first-order valence-corrected chi connectivity index (χ1v) is 10.8. The lowest BCUT2D eigenvalue weighted by molar-refractivity contribution is -0.119. The number of halogens is 1. The lowest BCUT2D eigenvalue weighted by Crippen LogP contribution is -2.40. The third-order valence-electron chi connectivity index (χ3n) is 4.05. The number of rotatable bonds is 7. The number of carbonyl (C=O) groups excluding carboxylic acids is 1. The number of amides is 1. The quantitative estimate of drug-likeness (QED) is 0.636. The van der Waals surface area contributed by atoms with Gasteiger partial charge in [-0.1, -0.05) is 35.9 Å². The smallest absolute Gasteiger partial charge is 0.274 e. The summed E-state index contributed by atoms with van der Waals surface area (Å²) in [6, 6.07) is 15.8. The Hall–Kier alpha value is -2.71. The van der Waals surface area contributed by atoms with Crippen LogP contribution in [0.25, 0.3) is 0 Å². The molecule has 2 aromatic carbocycles. The van der Waals surface area contributed by atoms with Gasteiger partial charge in [-0.05, 0) is 48.2 Å². The van der Waals surface area contributed by atoms with Crippen LogP contribution in [0.2, 0.25) is 0 Å². The van der Waals surface area contributed by atoms with Crippen LogP contribution in [0.3, 0.4) is 0 Å². The van der Waals surface area contributed by atoms with E-state index in [1.165, 1.54) is 18.2 Å². The summed E-state index contributed by atoms with van der Waals surface area (Å²) in [7, 11) is -3.94. The van der Waals surface area contributed by atoms with Gasteiger partial charge in [-0.25, -0.2) is 12.8 Å². The van der Waals surface area contributed by atoms with Gasteiger partial charge >= 0.3 is 0 Å². The summed E-state index contributed by atoms with van der Waals surface area (Å²) in [5.74, 6) is -0.939. The molecular weight excluding hydrogens is 399 g/mol. The second-order valence-corrected chi connectivity index (χ2v) is 9.22. The molecule has 146 valence electrons. The molecule has 0 fully saturated rings. The number of sulfonamides is 1. The predicted molar refractivity (Wildman–Crippen MR) is 108 cm³/mol. The maximum atomic E-state index is 13.3. The Balaban J connectivity index is 1.80. The normalized spacial score (nSPS) is 11.2. The van der Waals surface area contributed by atoms with E-state index in [2.05, 4.69) is 5.32 Å². The fourth-order valence-corrected chi connectivity index (χ4v) is 5.06. The number of nitrogens with one attached hydrogen (secondary N) is 1. The van der Waals surface area contributed by atoms with Crippen LogP contribution < -0.4 is 9.62 Å². The van der Waals surface area contributed by atoms with Crippen LogP contribution >= 0.6 is 11.3 Å². The number of thiophene rings is 1. The highest BCUT2D eigenvalue weighted by molar-refractivity contribution is 7.94. The van der Waals surface area contributed by atoms with Gasteiger partial charge in [0.05, 0.1) is 5.69 Å². The molecule has 5 nitrogen and oxygen atoms in total. The van der Waals surface area contributed by atoms with Crippen molar-refractivity contribution in [2.75, 3.05) is 10.8 Å². The van der Waals surface area contributed by atoms with Crippen molar-refractivity contribution in [1.29, 1.82) is 0 Å². The molecule has 0 aliphatic rings. The summed E-state index contributed by atoms with van der Waals surface area (Å²) in [5, 5.41) is 4.38. The standard InChI is InChI=1S/C20H19FN2O3S2/c1-15-4-6-16(7-5-15)13-22-19(24)14-23(18-10-8-17(21)9-11-18)28(25,26)20-3-2-12-27-20/h2-12H,13-14H2,1H3,(H,22,24). The van der Waals surface area contributed by atoms with E-state index in [4.69, 9.17) is 0 Å². The molecule has 1 N–H and O–H groups in total. The van der Waals surface area contributed by atoms with Gasteiger partial charge in [-0.3, -0.25) is 9.10 Å². The molecule has 0 saturated heterocycles. The molecule has 1 heterocycles. The van der Waals surface area contributed by atoms with Crippen LogP contribution in [-0.2, 0) is 21.4 Å². The van der Waals surface area contributed by atoms with E-state index in [1.807, 2.05) is 31.2 Å². The first-order chi connectivity index (χ1) is 13.4. The Morgan fingerprint density at radius 1 is 1.07 bits per heavy atom. The molecule has 0 saturated carbocycles. The molecular formula is C20H19FN2O3S2. The van der Waals surface area contributed by atoms with Crippen molar-refractivity contribution in [2.45, 2.75) is 17.7 Å². The highest BCUT2D eigenvalue weighted by Gasteiger charge is 2.28. The molecule has 0 aliphatic carbocycles. The Morgan fingerprint density at radius 2 is 1.75 bits per heavy atom. The molecule has 0 radical (unpaired) electrons. The third kappa shape index (κ3) is 4.76. The molecule has 1 amide bonds. The summed E-state index contributed by atoms with van der Waals surface area (Å²) in [6.07, 6.45) is 0. The van der Waals surface area contributed by atoms with Gasteiger partial charge in [0, 0.05) is 6.54 Å². The first kappa shape index (κ1) is 20.0. The first-order valence-electron chi connectivity index (χ1n) is 8.50. The minimum absolute atomic E-state index is 0.114. The zero-order valence-electron chi connectivity index (χ0n) is 15.1. The number of nitrogens with zero attached hydrogens (tertiary/aromatic N) is 1. The van der Waals surface area contributed by atoms with E-state index in [0.29, 0.717) is 0 Å². The van der Waals surface area contributed by atoms with Gasteiger partial charge in [0.25, 0.3) is 10.0 Å². The molecule has 28 heavy (non-hydrogen) atoms. The van der Waals surface area contributed by atoms with Gasteiger partial charge < -0.3 is 5.32 Å². The number of hydrogen-bond donors (Lipinski definition) is 1. The van der Waals surface area contributed by atoms with E-state index >= 15 is 0 Å². The predicted octanol–water partition coefficient (Wildman–Crippen LogP) is 3.71. The topological polar surface area (TPSA) is 66.5 Å². The maximum absolute atomic E-state index is 13.3. The number of carbonyl (C=O) groups is 1. The monoisotopic (exact) mass is 418 g/mol. The second-order valence-electron chi connectivity index (χ2n) is 6.18. The zero-order chi connectivity index (χ0) is 20.1. The molecule has 1 aromatic heterocycles. The minimum atomic E-state index is -3.94. The molecule has 0 unspecified atom stereocenters. The maximum Gasteiger partial charge on any atom is 0.274 e. The van der Waals surface area contributed by atoms with Crippen LogP contribution in [0.4, 0.5) is 10.1 Å². The lowest BCUT2D eigenvalue weighted by Gasteiger charge is -2.23. The zero-order valence-corrected chi connectivity index (χ0v) is 16.8. The highest BCUT2D eigenvalue weighted by Crippen LogP contribution is 2.26. The Kier molecular flexibility index (Phi) is 6.11. The Morgan fingerprint density at radius 3 is 2.36 bits per heavy atom. The van der Waals surface area contributed by atoms with Crippen LogP contribution in [0.15, 0.2) is 70.3 Å². The van der Waals surface area contributed by atoms with Gasteiger partial charge in [-0.2, -0.15) is 0 Å². The number of benzene rings is 2. The van der Waals surface area contributed by atoms with Crippen molar-refractivity contribution in [3.05, 3.63) is 83.0 Å². The van der Waals surface area contributed by atoms with Crippen molar-refractivity contribution in [1.82, 2.24) is 5.32 Å². The van der Waals surface area contributed by atoms with Gasteiger partial charge in [0.1, 0.15) is 16.6 Å². The van der Waals surface area contributed by atoms with Crippen LogP contribution in [0, 0.1) is 12.7 Å². The fraction of sp³-hybridized carbons (Fsp3) is 0.150. The third-order valence-corrected chi connectivity index (χ3v) is 7.20. The summed E-state index contributed by atoms with van der Waals surface area (Å²) < 4.78 is 40.4. The van der Waals surface area contributed by atoms with Gasteiger partial charge in [0.15, 0.2) is 0 Å². The van der Waals surface area contributed by atoms with Crippen molar-refractivity contribution in [2.24, 2.45) is 0 Å². The SMILES string of the molecule is Cc1ccc(CNC(=O)CN(c2ccc(F)cc2)S(=O)(=O)c2cccs2)cc1. The molecule has 8 heteroatoms. The van der Waals surface area contributed by atoms with Crippen molar-refractivity contribution in [3.8, 4) is 0 Å². The van der Waals surface area contributed by atoms with Crippen LogP contribution in [-0.4, -0.2) is 20.9 Å². The van der Waals surface area contributed by atoms with Crippen molar-refractivity contribution < 1.29 is 17.6 Å². The van der Waals surface area contributed by atoms with Gasteiger partial charge in [-0.15, -0.1) is 11.3 Å². The molecule has 0 spiro atoms. The number of anilines is 1. The summed E-state index contributed by atoms with van der Waals surface area (Å²) in [6.45, 7) is 1.85. The van der Waals surface area contributed by atoms with E-state index in [-0.39, 0.29) is 16.4 Å². The lowest BCUT2D eigenvalue weighted by atomic mass is 10.1. The Labute approximate surface area is 167 Å². The van der Waals surface area contributed by atoms with E-state index in [9.17, 15) is 17.6 Å². The minimum Gasteiger partial charge on any atom is -0.350 e. The molecule has 3 aromatic rings. The average Bonchev–Trinajstić information content (AvgIpc) is 3.22. The summed E-state index contributed by atoms with van der Waals surface area (Å²) >= 11 is 1.06. The average molecular weight is 419 g/mol. The molecule has 0 atom stereocenters. The summed E-state index contributed by atoms with van der Waals surface area (Å²) in [5.41, 5.74) is 2.24. The molecule has 3 rings (SSSR count). The largest absolute Gasteiger partial charge is 0.350 e. The van der Waals surface area contributed by atoms with Crippen LogP contribution in [0.1, 0.15) is 11.1 Å². The Bertz CT molecular complexity index is 1030. The molecule has 0 bridgehead atoms. The van der Waals surface area contributed by atoms with Crippen molar-refractivity contribution >= 4 is 33.0 Å². The summed E-state index contributed by atoms with van der Waals surface area (Å²) in [4.78, 5) is 12.5. The van der Waals surface area contributed by atoms with E-state index in [1.54, 1.807) is 11.4 Å². The number of hydrogen-bond acceptors (Lipinski definition) is 4.